The third-order valence-electron chi connectivity index (χ3n) is 5.98. The molecule has 5 atom stereocenters. The Balaban J connectivity index is 1.49. The van der Waals surface area contributed by atoms with Crippen LogP contribution in [0.15, 0.2) is 91.0 Å². The number of rotatable bonds is 11. The topological polar surface area (TPSA) is 86.3 Å². The third-order valence-corrected chi connectivity index (χ3v) is 5.98. The summed E-state index contributed by atoms with van der Waals surface area (Å²) in [4.78, 5) is 12.1. The van der Waals surface area contributed by atoms with Gasteiger partial charge in [-0.1, -0.05) is 91.0 Å². The fourth-order valence-electron chi connectivity index (χ4n) is 4.17. The average molecular weight is 492 g/mol. The van der Waals surface area contributed by atoms with Crippen molar-refractivity contribution in [1.82, 2.24) is 5.32 Å². The Morgan fingerprint density at radius 2 is 1.31 bits per heavy atom. The summed E-state index contributed by atoms with van der Waals surface area (Å²) in [5, 5.41) is 14.1. The molecule has 0 aliphatic carbocycles. The molecule has 3 aromatic carbocycles. The Bertz CT molecular complexity index is 1050. The molecular weight excluding hydrogens is 458 g/mol. The van der Waals surface area contributed by atoms with Crippen LogP contribution in [0.2, 0.25) is 0 Å². The Kier molecular flexibility index (Phi) is 9.61. The van der Waals surface area contributed by atoms with E-state index < -0.39 is 30.6 Å². The molecule has 1 fully saturated rings. The summed E-state index contributed by atoms with van der Waals surface area (Å²) in [5.41, 5.74) is 2.94. The van der Waals surface area contributed by atoms with Crippen molar-refractivity contribution >= 4 is 5.91 Å². The molecule has 0 aromatic heterocycles. The molecule has 2 N–H and O–H groups in total. The van der Waals surface area contributed by atoms with E-state index in [1.807, 2.05) is 91.0 Å². The second kappa shape index (κ2) is 13.3. The van der Waals surface area contributed by atoms with Gasteiger partial charge in [-0.3, -0.25) is 4.79 Å². The van der Waals surface area contributed by atoms with Gasteiger partial charge in [0.25, 0.3) is 0 Å². The minimum Gasteiger partial charge on any atom is -0.388 e. The van der Waals surface area contributed by atoms with Crippen molar-refractivity contribution in [1.29, 1.82) is 0 Å². The van der Waals surface area contributed by atoms with E-state index in [9.17, 15) is 9.90 Å². The van der Waals surface area contributed by atoms with Gasteiger partial charge in [-0.25, -0.2) is 0 Å². The van der Waals surface area contributed by atoms with E-state index in [0.29, 0.717) is 6.61 Å². The highest BCUT2D eigenvalue weighted by Crippen LogP contribution is 2.27. The summed E-state index contributed by atoms with van der Waals surface area (Å²) in [7, 11) is 0. The molecule has 7 heteroatoms. The maximum absolute atomic E-state index is 12.1. The van der Waals surface area contributed by atoms with Crippen LogP contribution in [0.4, 0.5) is 0 Å². The second-order valence-electron chi connectivity index (χ2n) is 8.82. The van der Waals surface area contributed by atoms with Crippen molar-refractivity contribution in [2.45, 2.75) is 57.4 Å². The molecule has 1 heterocycles. The first kappa shape index (κ1) is 26.0. The van der Waals surface area contributed by atoms with Crippen molar-refractivity contribution in [3.63, 3.8) is 0 Å². The number of carbonyl (C=O) groups is 1. The van der Waals surface area contributed by atoms with Gasteiger partial charge in [0.15, 0.2) is 6.29 Å². The van der Waals surface area contributed by atoms with Crippen LogP contribution in [0.5, 0.6) is 0 Å². The van der Waals surface area contributed by atoms with Gasteiger partial charge in [0.1, 0.15) is 24.4 Å². The molecule has 0 spiro atoms. The number of amides is 1. The van der Waals surface area contributed by atoms with Crippen molar-refractivity contribution < 1.29 is 28.8 Å². The maximum Gasteiger partial charge on any atom is 0.217 e. The third kappa shape index (κ3) is 7.46. The van der Waals surface area contributed by atoms with Crippen LogP contribution in [-0.4, -0.2) is 48.3 Å². The van der Waals surface area contributed by atoms with Crippen LogP contribution in [0, 0.1) is 0 Å². The van der Waals surface area contributed by atoms with Gasteiger partial charge in [0, 0.05) is 6.92 Å². The number of ether oxygens (including phenoxy) is 4. The van der Waals surface area contributed by atoms with Crippen LogP contribution < -0.4 is 5.32 Å². The van der Waals surface area contributed by atoms with Crippen molar-refractivity contribution in [3.8, 4) is 0 Å². The first-order valence-corrected chi connectivity index (χ1v) is 12.1. The minimum absolute atomic E-state index is 0.138. The number of aliphatic hydroxyl groups is 1. The molecule has 7 nitrogen and oxygen atoms in total. The number of hydrogen-bond acceptors (Lipinski definition) is 6. The quantitative estimate of drug-likeness (QED) is 0.426. The molecule has 4 rings (SSSR count). The molecule has 0 unspecified atom stereocenters. The number of carbonyl (C=O) groups excluding carboxylic acids is 1. The van der Waals surface area contributed by atoms with E-state index in [-0.39, 0.29) is 25.7 Å². The zero-order chi connectivity index (χ0) is 25.2. The smallest absolute Gasteiger partial charge is 0.217 e. The van der Waals surface area contributed by atoms with E-state index in [1.54, 1.807) is 0 Å². The van der Waals surface area contributed by atoms with E-state index in [2.05, 4.69) is 5.32 Å². The van der Waals surface area contributed by atoms with Crippen LogP contribution >= 0.6 is 0 Å². The van der Waals surface area contributed by atoms with E-state index >= 15 is 0 Å². The summed E-state index contributed by atoms with van der Waals surface area (Å²) in [6.07, 6.45) is -3.37. The zero-order valence-corrected chi connectivity index (χ0v) is 20.4. The van der Waals surface area contributed by atoms with Gasteiger partial charge in [-0.05, 0) is 16.7 Å². The summed E-state index contributed by atoms with van der Waals surface area (Å²) >= 11 is 0. The molecule has 190 valence electrons. The first-order valence-electron chi connectivity index (χ1n) is 12.1. The number of nitrogens with one attached hydrogen (secondary N) is 1. The summed E-state index contributed by atoms with van der Waals surface area (Å²) in [5.74, 6) is -0.267. The van der Waals surface area contributed by atoms with Crippen LogP contribution in [0.3, 0.4) is 0 Å². The Labute approximate surface area is 212 Å². The molecule has 0 bridgehead atoms. The SMILES string of the molecule is CC(=O)N[C@H]1[C@@H](OCc2ccccc2)O[C@H](COCc2ccccc2)[C@@H](O)[C@H]1OCc1ccccc1. The molecule has 3 aromatic rings. The van der Waals surface area contributed by atoms with Gasteiger partial charge in [-0.2, -0.15) is 0 Å². The number of hydrogen-bond donors (Lipinski definition) is 2. The molecule has 36 heavy (non-hydrogen) atoms. The van der Waals surface area contributed by atoms with Crippen LogP contribution in [0.1, 0.15) is 23.6 Å². The van der Waals surface area contributed by atoms with E-state index in [1.165, 1.54) is 6.92 Å². The molecule has 1 aliphatic rings. The van der Waals surface area contributed by atoms with Crippen molar-refractivity contribution in [2.24, 2.45) is 0 Å². The lowest BCUT2D eigenvalue weighted by atomic mass is 9.96. The van der Waals surface area contributed by atoms with Crippen molar-refractivity contribution in [2.75, 3.05) is 6.61 Å². The standard InChI is InChI=1S/C29H33NO6/c1-21(31)30-26-28(34-18-23-13-7-3-8-14-23)27(32)25(20-33-17-22-11-5-2-6-12-22)36-29(26)35-19-24-15-9-4-10-16-24/h2-16,25-29,32H,17-20H2,1H3,(H,30,31)/t25-,26-,27-,28+,29+/m1/s1. The van der Waals surface area contributed by atoms with Gasteiger partial charge < -0.3 is 29.4 Å². The molecular formula is C29H33NO6. The highest BCUT2D eigenvalue weighted by Gasteiger charge is 2.47. The highest BCUT2D eigenvalue weighted by atomic mass is 16.7. The van der Waals surface area contributed by atoms with Gasteiger partial charge >= 0.3 is 0 Å². The molecule has 0 saturated carbocycles. The molecule has 1 saturated heterocycles. The average Bonchev–Trinajstić information content (AvgIpc) is 2.90. The molecule has 0 radical (unpaired) electrons. The monoisotopic (exact) mass is 491 g/mol. The van der Waals surface area contributed by atoms with E-state index in [4.69, 9.17) is 18.9 Å². The fraction of sp³-hybridized carbons (Fsp3) is 0.345. The van der Waals surface area contributed by atoms with Crippen LogP contribution in [-0.2, 0) is 43.6 Å². The predicted octanol–water partition coefficient (Wildman–Crippen LogP) is 3.60. The summed E-state index contributed by atoms with van der Waals surface area (Å²) < 4.78 is 24.4. The zero-order valence-electron chi connectivity index (χ0n) is 20.4. The Morgan fingerprint density at radius 3 is 1.83 bits per heavy atom. The van der Waals surface area contributed by atoms with Crippen molar-refractivity contribution in [3.05, 3.63) is 108 Å². The minimum atomic E-state index is -1.04. The van der Waals surface area contributed by atoms with Gasteiger partial charge in [-0.15, -0.1) is 0 Å². The predicted molar refractivity (Wildman–Crippen MR) is 135 cm³/mol. The maximum atomic E-state index is 12.1. The van der Waals surface area contributed by atoms with E-state index in [0.717, 1.165) is 16.7 Å². The Hall–Kier alpha value is -3.07. The molecule has 1 aliphatic heterocycles. The Morgan fingerprint density at radius 1 is 0.806 bits per heavy atom. The lowest BCUT2D eigenvalue weighted by molar-refractivity contribution is -0.284. The van der Waals surface area contributed by atoms with Gasteiger partial charge in [0.2, 0.25) is 5.91 Å². The van der Waals surface area contributed by atoms with Gasteiger partial charge in [0.05, 0.1) is 26.4 Å². The molecule has 1 amide bonds. The largest absolute Gasteiger partial charge is 0.388 e. The second-order valence-corrected chi connectivity index (χ2v) is 8.82. The summed E-state index contributed by atoms with van der Waals surface area (Å²) in [6.45, 7) is 2.49. The normalized spacial score (nSPS) is 23.8. The lowest BCUT2D eigenvalue weighted by Crippen LogP contribution is -2.65. The number of aliphatic hydroxyl groups excluding tert-OH is 1. The summed E-state index contributed by atoms with van der Waals surface area (Å²) in [6, 6.07) is 28.5. The number of benzene rings is 3. The highest BCUT2D eigenvalue weighted by molar-refractivity contribution is 5.73. The first-order chi connectivity index (χ1) is 17.6. The lowest BCUT2D eigenvalue weighted by Gasteiger charge is -2.44. The fourth-order valence-corrected chi connectivity index (χ4v) is 4.17. The van der Waals surface area contributed by atoms with Crippen LogP contribution in [0.25, 0.3) is 0 Å².